The zero-order chi connectivity index (χ0) is 22.8. The number of fused-ring (bicyclic) bond motifs is 1. The van der Waals surface area contributed by atoms with Crippen molar-refractivity contribution < 1.29 is 4.79 Å². The summed E-state index contributed by atoms with van der Waals surface area (Å²) >= 11 is 1.73. The first kappa shape index (κ1) is 22.1. The van der Waals surface area contributed by atoms with E-state index >= 15 is 0 Å². The molecule has 2 aromatic heterocycles. The quantitative estimate of drug-likeness (QED) is 0.550. The van der Waals surface area contributed by atoms with Gasteiger partial charge in [0.1, 0.15) is 17.0 Å². The van der Waals surface area contributed by atoms with Crippen molar-refractivity contribution >= 4 is 44.7 Å². The highest BCUT2D eigenvalue weighted by Gasteiger charge is 2.27. The first-order valence-electron chi connectivity index (χ1n) is 12.2. The first-order chi connectivity index (χ1) is 16.1. The van der Waals surface area contributed by atoms with E-state index in [0.29, 0.717) is 0 Å². The van der Waals surface area contributed by atoms with E-state index in [9.17, 15) is 4.79 Å². The number of thiophene rings is 1. The van der Waals surface area contributed by atoms with E-state index in [1.54, 1.807) is 17.7 Å². The van der Waals surface area contributed by atoms with E-state index in [2.05, 4.69) is 51.1 Å². The van der Waals surface area contributed by atoms with Gasteiger partial charge in [0.05, 0.1) is 5.39 Å². The molecule has 2 aliphatic heterocycles. The number of aromatic nitrogens is 2. The number of aryl methyl sites for hydroxylation is 2. The highest BCUT2D eigenvalue weighted by Crippen LogP contribution is 2.35. The Bertz CT molecular complexity index is 1110. The number of hydrogen-bond acceptors (Lipinski definition) is 6. The third-order valence-corrected chi connectivity index (χ3v) is 8.33. The number of piperidine rings is 1. The van der Waals surface area contributed by atoms with Gasteiger partial charge < -0.3 is 15.1 Å². The number of anilines is 3. The minimum absolute atomic E-state index is 0.0363. The molecule has 3 aromatic rings. The molecule has 1 aromatic carbocycles. The van der Waals surface area contributed by atoms with Gasteiger partial charge in [-0.15, -0.1) is 11.3 Å². The van der Waals surface area contributed by atoms with Gasteiger partial charge in [0, 0.05) is 48.3 Å². The maximum atomic E-state index is 12.9. The molecule has 0 radical (unpaired) electrons. The van der Waals surface area contributed by atoms with Crippen molar-refractivity contribution in [3.63, 3.8) is 0 Å². The maximum absolute atomic E-state index is 12.9. The first-order valence-corrected chi connectivity index (χ1v) is 13.0. The molecule has 174 valence electrons. The minimum Gasteiger partial charge on any atom is -0.372 e. The van der Waals surface area contributed by atoms with Crippen LogP contribution in [0.25, 0.3) is 10.2 Å². The van der Waals surface area contributed by atoms with Crippen LogP contribution < -0.4 is 15.1 Å². The molecule has 1 N–H and O–H groups in total. The Morgan fingerprint density at radius 2 is 1.64 bits per heavy atom. The second-order valence-corrected chi connectivity index (χ2v) is 10.6. The van der Waals surface area contributed by atoms with Crippen molar-refractivity contribution in [1.29, 1.82) is 0 Å². The van der Waals surface area contributed by atoms with Gasteiger partial charge in [-0.3, -0.25) is 4.79 Å². The van der Waals surface area contributed by atoms with E-state index in [4.69, 9.17) is 0 Å². The van der Waals surface area contributed by atoms with Gasteiger partial charge in [0.2, 0.25) is 5.91 Å². The number of nitrogens with one attached hydrogen (secondary N) is 1. The van der Waals surface area contributed by atoms with Gasteiger partial charge in [-0.25, -0.2) is 9.97 Å². The third-order valence-electron chi connectivity index (χ3n) is 7.22. The molecular weight excluding hydrogens is 430 g/mol. The minimum atomic E-state index is 0.0363. The van der Waals surface area contributed by atoms with E-state index in [0.717, 1.165) is 55.4 Å². The Labute approximate surface area is 200 Å². The predicted molar refractivity (Wildman–Crippen MR) is 138 cm³/mol. The topological polar surface area (TPSA) is 61.4 Å². The van der Waals surface area contributed by atoms with Gasteiger partial charge in [-0.05, 0) is 69.4 Å². The summed E-state index contributed by atoms with van der Waals surface area (Å²) < 4.78 is 0. The number of benzene rings is 1. The number of amides is 1. The van der Waals surface area contributed by atoms with E-state index < -0.39 is 0 Å². The van der Waals surface area contributed by atoms with Crippen LogP contribution in [-0.2, 0) is 4.79 Å². The second kappa shape index (κ2) is 9.67. The van der Waals surface area contributed by atoms with Gasteiger partial charge in [0.25, 0.3) is 0 Å². The molecule has 1 amide bonds. The Morgan fingerprint density at radius 3 is 2.33 bits per heavy atom. The maximum Gasteiger partial charge on any atom is 0.227 e. The molecule has 0 spiro atoms. The third kappa shape index (κ3) is 4.69. The SMILES string of the molecule is Cc1sc2ncnc(N3CCC(C(=O)Nc4ccc(N5CCCCCC5)cc4)CC3)c2c1C. The highest BCUT2D eigenvalue weighted by atomic mass is 32.1. The molecule has 7 heteroatoms. The lowest BCUT2D eigenvalue weighted by molar-refractivity contribution is -0.120. The Hall–Kier alpha value is -2.67. The van der Waals surface area contributed by atoms with Crippen LogP contribution in [-0.4, -0.2) is 42.1 Å². The zero-order valence-electron chi connectivity index (χ0n) is 19.6. The number of carbonyl (C=O) groups excluding carboxylic acids is 1. The molecule has 0 aliphatic carbocycles. The number of nitrogens with zero attached hydrogens (tertiary/aromatic N) is 4. The summed E-state index contributed by atoms with van der Waals surface area (Å²) in [7, 11) is 0. The summed E-state index contributed by atoms with van der Waals surface area (Å²) in [5.41, 5.74) is 3.43. The second-order valence-electron chi connectivity index (χ2n) is 9.36. The molecular formula is C26H33N5OS. The lowest BCUT2D eigenvalue weighted by Crippen LogP contribution is -2.38. The van der Waals surface area contributed by atoms with Crippen molar-refractivity contribution in [2.75, 3.05) is 41.3 Å². The molecule has 2 fully saturated rings. The van der Waals surface area contributed by atoms with Gasteiger partial charge in [-0.1, -0.05) is 12.8 Å². The molecule has 33 heavy (non-hydrogen) atoms. The van der Waals surface area contributed by atoms with Crippen LogP contribution in [0.5, 0.6) is 0 Å². The Morgan fingerprint density at radius 1 is 0.939 bits per heavy atom. The molecule has 2 saturated heterocycles. The molecule has 4 heterocycles. The average molecular weight is 464 g/mol. The van der Waals surface area contributed by atoms with Crippen LogP contribution in [0.2, 0.25) is 0 Å². The van der Waals surface area contributed by atoms with Crippen LogP contribution in [0.1, 0.15) is 49.0 Å². The highest BCUT2D eigenvalue weighted by molar-refractivity contribution is 7.18. The van der Waals surface area contributed by atoms with E-state index in [1.807, 2.05) is 12.1 Å². The summed E-state index contributed by atoms with van der Waals surface area (Å²) in [6, 6.07) is 8.39. The van der Waals surface area contributed by atoms with E-state index in [-0.39, 0.29) is 11.8 Å². The molecule has 6 nitrogen and oxygen atoms in total. The van der Waals surface area contributed by atoms with Crippen LogP contribution in [0.4, 0.5) is 17.2 Å². The zero-order valence-corrected chi connectivity index (χ0v) is 20.5. The fourth-order valence-corrected chi connectivity index (χ4v) is 6.08. The van der Waals surface area contributed by atoms with Gasteiger partial charge in [0.15, 0.2) is 0 Å². The van der Waals surface area contributed by atoms with Crippen LogP contribution >= 0.6 is 11.3 Å². The van der Waals surface area contributed by atoms with Gasteiger partial charge in [-0.2, -0.15) is 0 Å². The summed E-state index contributed by atoms with van der Waals surface area (Å²) in [6.07, 6.45) is 8.54. The fraction of sp³-hybridized carbons (Fsp3) is 0.500. The monoisotopic (exact) mass is 463 g/mol. The van der Waals surface area contributed by atoms with Crippen molar-refractivity contribution in [2.45, 2.75) is 52.4 Å². The normalized spacial score (nSPS) is 17.9. The van der Waals surface area contributed by atoms with Crippen molar-refractivity contribution in [2.24, 2.45) is 5.92 Å². The van der Waals surface area contributed by atoms with Crippen molar-refractivity contribution in [1.82, 2.24) is 9.97 Å². The molecule has 2 aliphatic rings. The Balaban J connectivity index is 1.19. The molecule has 0 bridgehead atoms. The average Bonchev–Trinajstić information content (AvgIpc) is 3.01. The number of carbonyl (C=O) groups is 1. The molecule has 0 atom stereocenters. The van der Waals surface area contributed by atoms with Gasteiger partial charge >= 0.3 is 0 Å². The molecule has 0 unspecified atom stereocenters. The lowest BCUT2D eigenvalue weighted by atomic mass is 9.95. The summed E-state index contributed by atoms with van der Waals surface area (Å²) in [5.74, 6) is 1.19. The number of hydrogen-bond donors (Lipinski definition) is 1. The Kier molecular flexibility index (Phi) is 6.49. The molecule has 0 saturated carbocycles. The smallest absolute Gasteiger partial charge is 0.227 e. The standard InChI is InChI=1S/C26H33N5OS/c1-18-19(2)33-26-23(18)24(27-17-28-26)31-15-11-20(12-16-31)25(32)29-21-7-9-22(10-8-21)30-13-5-3-4-6-14-30/h7-10,17,20H,3-6,11-16H2,1-2H3,(H,29,32). The fourth-order valence-electron chi connectivity index (χ4n) is 5.09. The molecule has 5 rings (SSSR count). The lowest BCUT2D eigenvalue weighted by Gasteiger charge is -2.32. The van der Waals surface area contributed by atoms with Crippen LogP contribution in [0.3, 0.4) is 0 Å². The number of rotatable bonds is 4. The van der Waals surface area contributed by atoms with Crippen molar-refractivity contribution in [3.8, 4) is 0 Å². The largest absolute Gasteiger partial charge is 0.372 e. The summed E-state index contributed by atoms with van der Waals surface area (Å²) in [5, 5.41) is 4.32. The van der Waals surface area contributed by atoms with Crippen LogP contribution in [0.15, 0.2) is 30.6 Å². The predicted octanol–water partition coefficient (Wildman–Crippen LogP) is 5.54. The van der Waals surface area contributed by atoms with Crippen LogP contribution in [0, 0.1) is 19.8 Å². The van der Waals surface area contributed by atoms with Crippen molar-refractivity contribution in [3.05, 3.63) is 41.0 Å². The summed E-state index contributed by atoms with van der Waals surface area (Å²) in [6.45, 7) is 8.24. The van der Waals surface area contributed by atoms with E-state index in [1.165, 1.54) is 47.2 Å². The summed E-state index contributed by atoms with van der Waals surface area (Å²) in [4.78, 5) is 29.2.